The fourth-order valence-corrected chi connectivity index (χ4v) is 6.12. The Hall–Kier alpha value is -3.33. The Balaban J connectivity index is 1.63. The highest BCUT2D eigenvalue weighted by atomic mass is 19.1. The van der Waals surface area contributed by atoms with Crippen LogP contribution >= 0.6 is 0 Å². The highest BCUT2D eigenvalue weighted by molar-refractivity contribution is 5.88. The van der Waals surface area contributed by atoms with Crippen molar-refractivity contribution in [2.45, 2.75) is 44.9 Å². The zero-order chi connectivity index (χ0) is 22.7. The highest BCUT2D eigenvalue weighted by Gasteiger charge is 2.49. The van der Waals surface area contributed by atoms with Crippen molar-refractivity contribution in [1.82, 2.24) is 4.98 Å². The number of hydrogen-bond acceptors (Lipinski definition) is 1. The minimum Gasteiger partial charge on any atom is -0.257 e. The summed E-state index contributed by atoms with van der Waals surface area (Å²) in [5, 5.41) is 0. The molecule has 6 rings (SSSR count). The van der Waals surface area contributed by atoms with Gasteiger partial charge in [0.1, 0.15) is 12.9 Å². The summed E-state index contributed by atoms with van der Waals surface area (Å²) in [4.78, 5) is 5.12. The predicted octanol–water partition coefficient (Wildman–Crippen LogP) is 6.84. The van der Waals surface area contributed by atoms with Crippen LogP contribution < -0.4 is 4.57 Å². The molecule has 2 heterocycles. The van der Waals surface area contributed by atoms with E-state index in [2.05, 4.69) is 68.1 Å². The Morgan fingerprint density at radius 1 is 0.848 bits per heavy atom. The second-order valence-electron chi connectivity index (χ2n) is 9.74. The Morgan fingerprint density at radius 3 is 2.33 bits per heavy atom. The normalized spacial score (nSPS) is 15.6. The van der Waals surface area contributed by atoms with Crippen molar-refractivity contribution in [2.75, 3.05) is 0 Å². The van der Waals surface area contributed by atoms with Gasteiger partial charge in [-0.3, -0.25) is 4.98 Å². The summed E-state index contributed by atoms with van der Waals surface area (Å²) in [6.07, 6.45) is 6.91. The van der Waals surface area contributed by atoms with Gasteiger partial charge in [-0.15, -0.1) is 0 Å². The monoisotopic (exact) mass is 435 g/mol. The van der Waals surface area contributed by atoms with Crippen molar-refractivity contribution in [1.29, 1.82) is 0 Å². The first-order valence-corrected chi connectivity index (χ1v) is 11.9. The molecule has 0 saturated heterocycles. The van der Waals surface area contributed by atoms with Gasteiger partial charge in [0.25, 0.3) is 0 Å². The smallest absolute Gasteiger partial charge is 0.213 e. The molecule has 164 valence electrons. The molecule has 0 radical (unpaired) electrons. The lowest BCUT2D eigenvalue weighted by Crippen LogP contribution is -2.32. The van der Waals surface area contributed by atoms with Crippen molar-refractivity contribution in [3.63, 3.8) is 0 Å². The zero-order valence-corrected chi connectivity index (χ0v) is 19.5. The second-order valence-corrected chi connectivity index (χ2v) is 9.74. The van der Waals surface area contributed by atoms with Gasteiger partial charge in [0.2, 0.25) is 5.69 Å². The molecular weight excluding hydrogens is 407 g/mol. The van der Waals surface area contributed by atoms with Gasteiger partial charge in [0.05, 0.1) is 11.3 Å². The van der Waals surface area contributed by atoms with Crippen LogP contribution in [0.1, 0.15) is 48.2 Å². The van der Waals surface area contributed by atoms with Gasteiger partial charge in [0, 0.05) is 28.8 Å². The molecule has 0 aliphatic heterocycles. The molecule has 3 heteroatoms. The minimum absolute atomic E-state index is 0.00306. The molecule has 0 atom stereocenters. The molecule has 1 fully saturated rings. The fraction of sp³-hybridized carbons (Fsp3) is 0.267. The number of pyridine rings is 2. The van der Waals surface area contributed by atoms with E-state index in [0.29, 0.717) is 0 Å². The summed E-state index contributed by atoms with van der Waals surface area (Å²) in [5.74, 6) is -0.207. The van der Waals surface area contributed by atoms with Crippen LogP contribution in [0.5, 0.6) is 0 Å². The summed E-state index contributed by atoms with van der Waals surface area (Å²) in [7, 11) is 2.12. The Morgan fingerprint density at radius 2 is 1.58 bits per heavy atom. The Labute approximate surface area is 194 Å². The van der Waals surface area contributed by atoms with Crippen molar-refractivity contribution in [2.24, 2.45) is 7.05 Å². The number of halogens is 1. The van der Waals surface area contributed by atoms with Crippen LogP contribution in [0.15, 0.2) is 66.9 Å². The molecule has 0 N–H and O–H groups in total. The first-order valence-electron chi connectivity index (χ1n) is 11.9. The lowest BCUT2D eigenvalue weighted by Gasteiger charge is -2.28. The average Bonchev–Trinajstić information content (AvgIpc) is 3.40. The van der Waals surface area contributed by atoms with Crippen LogP contribution in [0.3, 0.4) is 0 Å². The van der Waals surface area contributed by atoms with E-state index in [0.717, 1.165) is 29.7 Å². The SMILES string of the molecule is Cc1ccc2c(n1)C1(CCCC1)c1c-2ccc(C)c1-c1cc(-c2ccc(F)cc2)cc[n+]1C. The fourth-order valence-electron chi connectivity index (χ4n) is 6.12. The summed E-state index contributed by atoms with van der Waals surface area (Å²) in [6.45, 7) is 4.33. The summed E-state index contributed by atoms with van der Waals surface area (Å²) in [5.41, 5.74) is 12.4. The van der Waals surface area contributed by atoms with Gasteiger partial charge >= 0.3 is 0 Å². The van der Waals surface area contributed by atoms with Crippen molar-refractivity contribution in [3.8, 4) is 33.5 Å². The number of rotatable bonds is 2. The largest absolute Gasteiger partial charge is 0.257 e. The first-order chi connectivity index (χ1) is 16.0. The topological polar surface area (TPSA) is 16.8 Å². The number of aromatic nitrogens is 2. The highest BCUT2D eigenvalue weighted by Crippen LogP contribution is 2.59. The lowest BCUT2D eigenvalue weighted by atomic mass is 9.75. The molecular formula is C30H28FN2+. The van der Waals surface area contributed by atoms with E-state index in [4.69, 9.17) is 4.98 Å². The standard InChI is InChI=1S/C30H28FN2/c1-19-6-12-24-25-13-7-20(2)32-29(25)30(15-4-5-16-30)28(24)27(19)26-18-22(14-17-33(26)3)21-8-10-23(31)11-9-21/h6-14,17-18H,4-5,15-16H2,1-3H3/q+1. The van der Waals surface area contributed by atoms with E-state index in [-0.39, 0.29) is 11.2 Å². The van der Waals surface area contributed by atoms with E-state index in [9.17, 15) is 4.39 Å². The van der Waals surface area contributed by atoms with Gasteiger partial charge in [-0.05, 0) is 72.7 Å². The van der Waals surface area contributed by atoms with Gasteiger partial charge in [-0.2, -0.15) is 0 Å². The van der Waals surface area contributed by atoms with Crippen LogP contribution in [0.25, 0.3) is 33.5 Å². The lowest BCUT2D eigenvalue weighted by molar-refractivity contribution is -0.660. The van der Waals surface area contributed by atoms with E-state index in [1.807, 2.05) is 12.1 Å². The second kappa shape index (κ2) is 7.34. The van der Waals surface area contributed by atoms with Crippen molar-refractivity contribution in [3.05, 3.63) is 95.2 Å². The Bertz CT molecular complexity index is 1400. The van der Waals surface area contributed by atoms with Crippen molar-refractivity contribution >= 4 is 0 Å². The first kappa shape index (κ1) is 20.3. The third kappa shape index (κ3) is 2.98. The molecule has 2 aliphatic rings. The number of aryl methyl sites for hydroxylation is 3. The molecule has 2 nitrogen and oxygen atoms in total. The molecule has 0 unspecified atom stereocenters. The van der Waals surface area contributed by atoms with E-state index < -0.39 is 0 Å². The third-order valence-corrected chi connectivity index (χ3v) is 7.71. The van der Waals surface area contributed by atoms with E-state index in [1.54, 1.807) is 0 Å². The number of benzene rings is 2. The molecule has 4 aromatic rings. The maximum atomic E-state index is 13.5. The van der Waals surface area contributed by atoms with Gasteiger partial charge in [-0.25, -0.2) is 8.96 Å². The Kier molecular flexibility index (Phi) is 4.52. The summed E-state index contributed by atoms with van der Waals surface area (Å²) >= 11 is 0. The number of hydrogen-bond donors (Lipinski definition) is 0. The van der Waals surface area contributed by atoms with Crippen LogP contribution in [0.4, 0.5) is 4.39 Å². The molecule has 33 heavy (non-hydrogen) atoms. The maximum Gasteiger partial charge on any atom is 0.213 e. The molecule has 2 aromatic heterocycles. The van der Waals surface area contributed by atoms with Crippen LogP contribution in [-0.2, 0) is 12.5 Å². The van der Waals surface area contributed by atoms with Crippen molar-refractivity contribution < 1.29 is 8.96 Å². The number of nitrogens with zero attached hydrogens (tertiary/aromatic N) is 2. The predicted molar refractivity (Wildman–Crippen MR) is 130 cm³/mol. The molecule has 0 bridgehead atoms. The van der Waals surface area contributed by atoms with Gasteiger partial charge in [0.15, 0.2) is 6.20 Å². The average molecular weight is 436 g/mol. The number of fused-ring (bicyclic) bond motifs is 5. The van der Waals surface area contributed by atoms with Gasteiger partial charge in [-0.1, -0.05) is 43.2 Å². The molecule has 2 aromatic carbocycles. The molecule has 1 spiro atoms. The van der Waals surface area contributed by atoms with Crippen LogP contribution in [0.2, 0.25) is 0 Å². The summed E-state index contributed by atoms with van der Waals surface area (Å²) in [6, 6.07) is 20.1. The van der Waals surface area contributed by atoms with E-state index >= 15 is 0 Å². The molecule has 0 amide bonds. The summed E-state index contributed by atoms with van der Waals surface area (Å²) < 4.78 is 15.8. The molecule has 1 saturated carbocycles. The zero-order valence-electron chi connectivity index (χ0n) is 19.5. The van der Waals surface area contributed by atoms with E-state index in [1.165, 1.54) is 64.2 Å². The van der Waals surface area contributed by atoms with Crippen LogP contribution in [-0.4, -0.2) is 4.98 Å². The van der Waals surface area contributed by atoms with Crippen LogP contribution in [0, 0.1) is 19.7 Å². The maximum absolute atomic E-state index is 13.5. The third-order valence-electron chi connectivity index (χ3n) is 7.71. The van der Waals surface area contributed by atoms with Gasteiger partial charge < -0.3 is 0 Å². The quantitative estimate of drug-likeness (QED) is 0.315. The minimum atomic E-state index is -0.207. The molecule has 2 aliphatic carbocycles.